The molecule has 7 heteroatoms. The van der Waals surface area contributed by atoms with Gasteiger partial charge in [-0.15, -0.1) is 11.3 Å². The van der Waals surface area contributed by atoms with E-state index < -0.39 is 0 Å². The molecule has 3 aromatic carbocycles. The number of anilines is 2. The number of nitrogen functional groups attached to an aromatic ring is 1. The number of ether oxygens (including phenoxy) is 1. The first-order valence-corrected chi connectivity index (χ1v) is 12.0. The number of hydrogen-bond donors (Lipinski definition) is 3. The Kier molecular flexibility index (Phi) is 7.47. The highest BCUT2D eigenvalue weighted by Gasteiger charge is 2.18. The molecular weight excluding hydrogens is 446 g/mol. The van der Waals surface area contributed by atoms with E-state index in [0.717, 1.165) is 27.0 Å². The van der Waals surface area contributed by atoms with E-state index >= 15 is 0 Å². The Hall–Kier alpha value is -3.39. The Morgan fingerprint density at radius 3 is 2.59 bits per heavy atom. The molecule has 34 heavy (non-hydrogen) atoms. The zero-order chi connectivity index (χ0) is 24.1. The van der Waals surface area contributed by atoms with Crippen LogP contribution >= 0.6 is 11.3 Å². The van der Waals surface area contributed by atoms with Crippen molar-refractivity contribution in [3.8, 4) is 5.75 Å². The molecule has 176 valence electrons. The minimum absolute atomic E-state index is 0.0781. The standard InChI is InChI=1S/C27H29N3O3S/c1-18(30(13-14-31)17-19-7-11-22(33-2)12-8-19)20-9-10-21-16-26(34-25(21)15-20)27(32)29-24-6-4-3-5-23(24)28/h3-12,15-16,18,31H,13-14,17,28H2,1-2H3,(H,29,32). The summed E-state index contributed by atoms with van der Waals surface area (Å²) in [4.78, 5) is 15.7. The topological polar surface area (TPSA) is 87.8 Å². The van der Waals surface area contributed by atoms with Crippen molar-refractivity contribution in [3.63, 3.8) is 0 Å². The van der Waals surface area contributed by atoms with Gasteiger partial charge in [0.25, 0.3) is 5.91 Å². The molecule has 1 amide bonds. The van der Waals surface area contributed by atoms with Crippen LogP contribution in [0.3, 0.4) is 0 Å². The smallest absolute Gasteiger partial charge is 0.265 e. The molecule has 1 aromatic heterocycles. The van der Waals surface area contributed by atoms with Crippen molar-refractivity contribution < 1.29 is 14.6 Å². The lowest BCUT2D eigenvalue weighted by Crippen LogP contribution is -2.29. The maximum absolute atomic E-state index is 12.8. The van der Waals surface area contributed by atoms with Crippen LogP contribution in [-0.4, -0.2) is 36.2 Å². The van der Waals surface area contributed by atoms with Gasteiger partial charge in [0.05, 0.1) is 30.0 Å². The van der Waals surface area contributed by atoms with E-state index in [-0.39, 0.29) is 18.6 Å². The number of carbonyl (C=O) groups is 1. The Balaban J connectivity index is 1.53. The SMILES string of the molecule is COc1ccc(CN(CCO)C(C)c2ccc3cc(C(=O)Nc4ccccc4N)sc3c2)cc1. The van der Waals surface area contributed by atoms with Crippen molar-refractivity contribution in [1.82, 2.24) is 4.90 Å². The molecule has 0 saturated heterocycles. The van der Waals surface area contributed by atoms with Crippen molar-refractivity contribution >= 4 is 38.7 Å². The minimum Gasteiger partial charge on any atom is -0.497 e. The van der Waals surface area contributed by atoms with E-state index in [9.17, 15) is 9.90 Å². The van der Waals surface area contributed by atoms with Crippen molar-refractivity contribution in [2.24, 2.45) is 0 Å². The van der Waals surface area contributed by atoms with Gasteiger partial charge in [-0.25, -0.2) is 0 Å². The van der Waals surface area contributed by atoms with Gasteiger partial charge in [-0.3, -0.25) is 9.69 Å². The molecule has 0 fully saturated rings. The third kappa shape index (κ3) is 5.39. The molecule has 0 bridgehead atoms. The van der Waals surface area contributed by atoms with Gasteiger partial charge in [-0.2, -0.15) is 0 Å². The fourth-order valence-corrected chi connectivity index (χ4v) is 4.93. The average Bonchev–Trinajstić information content (AvgIpc) is 3.29. The van der Waals surface area contributed by atoms with Crippen molar-refractivity contribution in [2.75, 3.05) is 31.3 Å². The number of carbonyl (C=O) groups excluding carboxylic acids is 1. The highest BCUT2D eigenvalue weighted by atomic mass is 32.1. The zero-order valence-electron chi connectivity index (χ0n) is 19.3. The number of methoxy groups -OCH3 is 1. The molecule has 0 aliphatic rings. The maximum Gasteiger partial charge on any atom is 0.265 e. The molecule has 4 aromatic rings. The van der Waals surface area contributed by atoms with E-state index in [1.54, 1.807) is 19.2 Å². The summed E-state index contributed by atoms with van der Waals surface area (Å²) in [6, 6.07) is 23.5. The third-order valence-electron chi connectivity index (χ3n) is 5.94. The molecule has 4 rings (SSSR count). The number of benzene rings is 3. The first-order chi connectivity index (χ1) is 16.5. The van der Waals surface area contributed by atoms with Crippen LogP contribution in [0, 0.1) is 0 Å². The number of fused-ring (bicyclic) bond motifs is 1. The minimum atomic E-state index is -0.171. The van der Waals surface area contributed by atoms with Gasteiger partial charge >= 0.3 is 0 Å². The lowest BCUT2D eigenvalue weighted by molar-refractivity contribution is 0.103. The van der Waals surface area contributed by atoms with Crippen LogP contribution in [0.2, 0.25) is 0 Å². The number of rotatable bonds is 9. The van der Waals surface area contributed by atoms with Crippen LogP contribution in [-0.2, 0) is 6.54 Å². The van der Waals surface area contributed by atoms with Gasteiger partial charge in [0.2, 0.25) is 0 Å². The summed E-state index contributed by atoms with van der Waals surface area (Å²) < 4.78 is 6.30. The largest absolute Gasteiger partial charge is 0.497 e. The predicted molar refractivity (Wildman–Crippen MR) is 140 cm³/mol. The normalized spacial score (nSPS) is 12.1. The molecule has 0 spiro atoms. The van der Waals surface area contributed by atoms with E-state index in [4.69, 9.17) is 10.5 Å². The van der Waals surface area contributed by atoms with E-state index in [2.05, 4.69) is 35.3 Å². The number of amides is 1. The van der Waals surface area contributed by atoms with E-state index in [0.29, 0.717) is 29.3 Å². The fraction of sp³-hybridized carbons (Fsp3) is 0.222. The van der Waals surface area contributed by atoms with Crippen LogP contribution in [0.5, 0.6) is 5.75 Å². The Bertz CT molecular complexity index is 1270. The zero-order valence-corrected chi connectivity index (χ0v) is 20.1. The fourth-order valence-electron chi connectivity index (χ4n) is 3.93. The Labute approximate surface area is 203 Å². The molecule has 0 saturated carbocycles. The highest BCUT2D eigenvalue weighted by Crippen LogP contribution is 2.31. The second-order valence-corrected chi connectivity index (χ2v) is 9.25. The molecule has 1 unspecified atom stereocenters. The van der Waals surface area contributed by atoms with Gasteiger partial charge in [0.1, 0.15) is 5.75 Å². The summed E-state index contributed by atoms with van der Waals surface area (Å²) in [5, 5.41) is 13.6. The molecule has 0 aliphatic carbocycles. The number of thiophene rings is 1. The third-order valence-corrected chi connectivity index (χ3v) is 7.04. The summed E-state index contributed by atoms with van der Waals surface area (Å²) in [7, 11) is 1.65. The monoisotopic (exact) mass is 475 g/mol. The van der Waals surface area contributed by atoms with Gasteiger partial charge in [0.15, 0.2) is 0 Å². The van der Waals surface area contributed by atoms with Crippen LogP contribution in [0.15, 0.2) is 72.8 Å². The first-order valence-electron chi connectivity index (χ1n) is 11.2. The lowest BCUT2D eigenvalue weighted by Gasteiger charge is -2.29. The summed E-state index contributed by atoms with van der Waals surface area (Å²) in [5.41, 5.74) is 9.39. The first kappa shape index (κ1) is 23.8. The van der Waals surface area contributed by atoms with Crippen molar-refractivity contribution in [3.05, 3.63) is 88.8 Å². The molecule has 0 aliphatic heterocycles. The van der Waals surface area contributed by atoms with Crippen LogP contribution in [0.4, 0.5) is 11.4 Å². The van der Waals surface area contributed by atoms with Crippen LogP contribution in [0.25, 0.3) is 10.1 Å². The number of nitrogens with zero attached hydrogens (tertiary/aromatic N) is 1. The van der Waals surface area contributed by atoms with Gasteiger partial charge in [-0.05, 0) is 59.8 Å². The molecule has 0 radical (unpaired) electrons. The number of aliphatic hydroxyl groups excluding tert-OH is 1. The number of nitrogens with two attached hydrogens (primary N) is 1. The highest BCUT2D eigenvalue weighted by molar-refractivity contribution is 7.20. The molecule has 4 N–H and O–H groups in total. The lowest BCUT2D eigenvalue weighted by atomic mass is 10.0. The van der Waals surface area contributed by atoms with E-state index in [1.807, 2.05) is 42.5 Å². The quantitative estimate of drug-likeness (QED) is 0.286. The number of hydrogen-bond acceptors (Lipinski definition) is 6. The molecule has 1 heterocycles. The summed E-state index contributed by atoms with van der Waals surface area (Å²) >= 11 is 1.46. The van der Waals surface area contributed by atoms with Crippen LogP contribution in [0.1, 0.15) is 33.8 Å². The second-order valence-electron chi connectivity index (χ2n) is 8.17. The number of aliphatic hydroxyl groups is 1. The maximum atomic E-state index is 12.8. The van der Waals surface area contributed by atoms with E-state index in [1.165, 1.54) is 11.3 Å². The van der Waals surface area contributed by atoms with Gasteiger partial charge in [0, 0.05) is 23.8 Å². The van der Waals surface area contributed by atoms with Crippen molar-refractivity contribution in [2.45, 2.75) is 19.5 Å². The second kappa shape index (κ2) is 10.7. The van der Waals surface area contributed by atoms with Gasteiger partial charge < -0.3 is 20.9 Å². The molecule has 6 nitrogen and oxygen atoms in total. The predicted octanol–water partition coefficient (Wildman–Crippen LogP) is 5.30. The summed E-state index contributed by atoms with van der Waals surface area (Å²) in [6.45, 7) is 3.48. The summed E-state index contributed by atoms with van der Waals surface area (Å²) in [5.74, 6) is 0.651. The van der Waals surface area contributed by atoms with Crippen molar-refractivity contribution in [1.29, 1.82) is 0 Å². The number of para-hydroxylation sites is 2. The average molecular weight is 476 g/mol. The van der Waals surface area contributed by atoms with Crippen LogP contribution < -0.4 is 15.8 Å². The van der Waals surface area contributed by atoms with Gasteiger partial charge in [-0.1, -0.05) is 36.4 Å². The summed E-state index contributed by atoms with van der Waals surface area (Å²) in [6.07, 6.45) is 0. The Morgan fingerprint density at radius 1 is 1.12 bits per heavy atom. The Morgan fingerprint density at radius 2 is 1.88 bits per heavy atom. The number of nitrogens with one attached hydrogen (secondary N) is 1. The molecular formula is C27H29N3O3S. The molecule has 1 atom stereocenters.